The summed E-state index contributed by atoms with van der Waals surface area (Å²) in [5, 5.41) is 0. The van der Waals surface area contributed by atoms with Crippen molar-refractivity contribution in [2.75, 3.05) is 0 Å². The van der Waals surface area contributed by atoms with E-state index in [1.165, 1.54) is 54.4 Å². The molecule has 0 amide bonds. The molecular formula is C20H26. The molecule has 0 heterocycles. The summed E-state index contributed by atoms with van der Waals surface area (Å²) >= 11 is 0. The Bertz CT molecular complexity index is 533. The Kier molecular flexibility index (Phi) is 4.65. The van der Waals surface area contributed by atoms with Crippen molar-refractivity contribution in [3.05, 3.63) is 66.3 Å². The lowest BCUT2D eigenvalue weighted by Crippen LogP contribution is -2.26. The first-order valence-corrected chi connectivity index (χ1v) is 7.84. The van der Waals surface area contributed by atoms with Gasteiger partial charge < -0.3 is 0 Å². The van der Waals surface area contributed by atoms with Crippen LogP contribution < -0.4 is 0 Å². The molecule has 0 radical (unpaired) electrons. The molecule has 0 nitrogen and oxygen atoms in total. The van der Waals surface area contributed by atoms with Gasteiger partial charge in [0.15, 0.2) is 0 Å². The van der Waals surface area contributed by atoms with E-state index in [-0.39, 0.29) is 5.41 Å². The van der Waals surface area contributed by atoms with E-state index < -0.39 is 0 Å². The average Bonchev–Trinajstić information content (AvgIpc) is 2.75. The highest BCUT2D eigenvalue weighted by Gasteiger charge is 2.41. The van der Waals surface area contributed by atoms with Crippen molar-refractivity contribution >= 4 is 5.57 Å². The number of hydrogen-bond donors (Lipinski definition) is 0. The van der Waals surface area contributed by atoms with Crippen molar-refractivity contribution in [1.29, 1.82) is 0 Å². The number of unbranched alkanes of at least 4 members (excludes halogenated alkanes) is 1. The fourth-order valence-electron chi connectivity index (χ4n) is 3.78. The van der Waals surface area contributed by atoms with E-state index in [4.69, 9.17) is 0 Å². The van der Waals surface area contributed by atoms with Crippen molar-refractivity contribution in [2.45, 2.75) is 51.4 Å². The molecule has 0 N–H and O–H groups in total. The monoisotopic (exact) mass is 266 g/mol. The first-order valence-electron chi connectivity index (χ1n) is 7.84. The van der Waals surface area contributed by atoms with Crippen LogP contribution in [0.1, 0.15) is 57.1 Å². The van der Waals surface area contributed by atoms with Gasteiger partial charge in [0.2, 0.25) is 0 Å². The molecule has 106 valence electrons. The minimum absolute atomic E-state index is 0.159. The van der Waals surface area contributed by atoms with E-state index in [0.717, 1.165) is 0 Å². The predicted molar refractivity (Wildman–Crippen MR) is 89.9 cm³/mol. The Morgan fingerprint density at radius 3 is 2.35 bits per heavy atom. The van der Waals surface area contributed by atoms with Crippen LogP contribution in [0.4, 0.5) is 0 Å². The predicted octanol–water partition coefficient (Wildman–Crippen LogP) is 6.05. The van der Waals surface area contributed by atoms with E-state index in [1.807, 2.05) is 6.08 Å². The molecule has 2 rings (SSSR count). The molecule has 0 bridgehead atoms. The molecule has 0 saturated heterocycles. The van der Waals surface area contributed by atoms with Gasteiger partial charge in [-0.05, 0) is 35.1 Å². The zero-order valence-electron chi connectivity index (χ0n) is 12.9. The highest BCUT2D eigenvalue weighted by Crippen LogP contribution is 2.52. The van der Waals surface area contributed by atoms with Crippen LogP contribution in [0.3, 0.4) is 0 Å². The minimum atomic E-state index is 0.159. The summed E-state index contributed by atoms with van der Waals surface area (Å²) in [4.78, 5) is 0. The lowest BCUT2D eigenvalue weighted by molar-refractivity contribution is 0.421. The maximum atomic E-state index is 4.10. The SMILES string of the molecule is C=CC1=C(C=C)C(CCC)(CCCC)c2ccccc21. The van der Waals surface area contributed by atoms with Gasteiger partial charge in [-0.2, -0.15) is 0 Å². The summed E-state index contributed by atoms with van der Waals surface area (Å²) in [7, 11) is 0. The first-order chi connectivity index (χ1) is 9.75. The van der Waals surface area contributed by atoms with Gasteiger partial charge in [-0.25, -0.2) is 0 Å². The number of rotatable bonds is 7. The van der Waals surface area contributed by atoms with Crippen molar-refractivity contribution in [3.63, 3.8) is 0 Å². The molecular weight excluding hydrogens is 240 g/mol. The van der Waals surface area contributed by atoms with Gasteiger partial charge in [0.05, 0.1) is 0 Å². The Morgan fingerprint density at radius 2 is 1.75 bits per heavy atom. The Labute approximate surface area is 123 Å². The summed E-state index contributed by atoms with van der Waals surface area (Å²) in [5.74, 6) is 0. The molecule has 0 aromatic heterocycles. The summed E-state index contributed by atoms with van der Waals surface area (Å²) in [6, 6.07) is 8.84. The Balaban J connectivity index is 2.65. The first kappa shape index (κ1) is 14.8. The fourth-order valence-corrected chi connectivity index (χ4v) is 3.78. The van der Waals surface area contributed by atoms with Crippen molar-refractivity contribution in [3.8, 4) is 0 Å². The lowest BCUT2D eigenvalue weighted by atomic mass is 9.70. The van der Waals surface area contributed by atoms with Crippen LogP contribution >= 0.6 is 0 Å². The summed E-state index contributed by atoms with van der Waals surface area (Å²) in [5.41, 5.74) is 5.69. The molecule has 1 unspecified atom stereocenters. The molecule has 1 aromatic rings. The van der Waals surface area contributed by atoms with E-state index in [2.05, 4.69) is 57.3 Å². The van der Waals surface area contributed by atoms with E-state index >= 15 is 0 Å². The van der Waals surface area contributed by atoms with Crippen LogP contribution in [0.2, 0.25) is 0 Å². The molecule has 0 heteroatoms. The normalized spacial score (nSPS) is 20.9. The Morgan fingerprint density at radius 1 is 1.00 bits per heavy atom. The summed E-state index contributed by atoms with van der Waals surface area (Å²) in [6.45, 7) is 12.7. The number of benzene rings is 1. The number of hydrogen-bond acceptors (Lipinski definition) is 0. The van der Waals surface area contributed by atoms with Gasteiger partial charge >= 0.3 is 0 Å². The third kappa shape index (κ3) is 2.18. The van der Waals surface area contributed by atoms with Gasteiger partial charge in [-0.1, -0.05) is 82.7 Å². The molecule has 1 aliphatic carbocycles. The number of allylic oxidation sites excluding steroid dienone is 4. The third-order valence-corrected chi connectivity index (χ3v) is 4.58. The van der Waals surface area contributed by atoms with Gasteiger partial charge in [-0.15, -0.1) is 0 Å². The van der Waals surface area contributed by atoms with Crippen LogP contribution in [0.5, 0.6) is 0 Å². The molecule has 1 atom stereocenters. The quantitative estimate of drug-likeness (QED) is 0.563. The smallest absolute Gasteiger partial charge is 0.0214 e. The van der Waals surface area contributed by atoms with Gasteiger partial charge in [0, 0.05) is 5.41 Å². The van der Waals surface area contributed by atoms with Crippen LogP contribution in [0, 0.1) is 0 Å². The third-order valence-electron chi connectivity index (χ3n) is 4.58. The van der Waals surface area contributed by atoms with Crippen molar-refractivity contribution < 1.29 is 0 Å². The molecule has 0 spiro atoms. The van der Waals surface area contributed by atoms with Crippen molar-refractivity contribution in [2.24, 2.45) is 0 Å². The molecule has 0 fully saturated rings. The van der Waals surface area contributed by atoms with E-state index in [9.17, 15) is 0 Å². The average molecular weight is 266 g/mol. The lowest BCUT2D eigenvalue weighted by Gasteiger charge is -2.33. The van der Waals surface area contributed by atoms with Crippen LogP contribution in [0.25, 0.3) is 5.57 Å². The second-order valence-electron chi connectivity index (χ2n) is 5.72. The highest BCUT2D eigenvalue weighted by molar-refractivity contribution is 5.87. The number of fused-ring (bicyclic) bond motifs is 1. The maximum Gasteiger partial charge on any atom is 0.0214 e. The molecule has 20 heavy (non-hydrogen) atoms. The van der Waals surface area contributed by atoms with Crippen LogP contribution in [-0.4, -0.2) is 0 Å². The zero-order valence-corrected chi connectivity index (χ0v) is 12.9. The standard InChI is InChI=1S/C20H26/c1-5-9-15-20(14-6-2)18(8-4)16(7-3)17-12-10-11-13-19(17)20/h7-8,10-13H,3-6,9,14-15H2,1-2H3. The fraction of sp³-hybridized carbons (Fsp3) is 0.400. The van der Waals surface area contributed by atoms with Gasteiger partial charge in [0.25, 0.3) is 0 Å². The van der Waals surface area contributed by atoms with Crippen LogP contribution in [0.15, 0.2) is 55.1 Å². The van der Waals surface area contributed by atoms with Crippen LogP contribution in [-0.2, 0) is 5.41 Å². The largest absolute Gasteiger partial charge is 0.0987 e. The highest BCUT2D eigenvalue weighted by atomic mass is 14.4. The summed E-state index contributed by atoms with van der Waals surface area (Å²) < 4.78 is 0. The van der Waals surface area contributed by atoms with E-state index in [1.54, 1.807) is 0 Å². The second kappa shape index (κ2) is 6.26. The molecule has 0 saturated carbocycles. The Hall–Kier alpha value is -1.56. The molecule has 0 aliphatic heterocycles. The maximum absolute atomic E-state index is 4.10. The van der Waals surface area contributed by atoms with E-state index in [0.29, 0.717) is 0 Å². The summed E-state index contributed by atoms with van der Waals surface area (Å²) in [6.07, 6.45) is 10.2. The molecule has 1 aromatic carbocycles. The minimum Gasteiger partial charge on any atom is -0.0987 e. The topological polar surface area (TPSA) is 0 Å². The van der Waals surface area contributed by atoms with Gasteiger partial charge in [0.1, 0.15) is 0 Å². The van der Waals surface area contributed by atoms with Crippen molar-refractivity contribution in [1.82, 2.24) is 0 Å². The second-order valence-corrected chi connectivity index (χ2v) is 5.72. The van der Waals surface area contributed by atoms with Gasteiger partial charge in [-0.3, -0.25) is 0 Å². The zero-order chi connectivity index (χ0) is 14.6. The molecule has 1 aliphatic rings.